The summed E-state index contributed by atoms with van der Waals surface area (Å²) in [7, 11) is 0. The van der Waals surface area contributed by atoms with Crippen molar-refractivity contribution in [3.05, 3.63) is 105 Å². The van der Waals surface area contributed by atoms with Gasteiger partial charge in [-0.1, -0.05) is 71.9 Å². The maximum absolute atomic E-state index is 13.3. The molecule has 7 heteroatoms. The van der Waals surface area contributed by atoms with Crippen LogP contribution in [0.2, 0.25) is 5.02 Å². The van der Waals surface area contributed by atoms with Gasteiger partial charge in [0, 0.05) is 5.02 Å². The number of rotatable bonds is 6. The summed E-state index contributed by atoms with van der Waals surface area (Å²) in [6.07, 6.45) is 1.88. The molecule has 166 valence electrons. The van der Waals surface area contributed by atoms with Crippen molar-refractivity contribution in [3.8, 4) is 0 Å². The molecule has 0 unspecified atom stereocenters. The first-order valence-corrected chi connectivity index (χ1v) is 12.2. The van der Waals surface area contributed by atoms with Gasteiger partial charge in [0.2, 0.25) is 5.91 Å². The van der Waals surface area contributed by atoms with E-state index in [0.29, 0.717) is 27.6 Å². The quantitative estimate of drug-likeness (QED) is 0.315. The third-order valence-corrected chi connectivity index (χ3v) is 7.07. The Morgan fingerprint density at radius 2 is 1.91 bits per heavy atom. The molecule has 1 N–H and O–H groups in total. The minimum atomic E-state index is -0.131. The number of para-hydroxylation sites is 1. The standard InChI is InChI=1S/C26H22ClN3O2S/c27-19-8-5-6-17(14-19)15-30-25(32)21-10-3-4-11-22(21)29-26(30)33-16-24(31)28-23-13-12-18-7-1-2-9-20(18)23/h1-11,14,23H,12-13,15-16H2,(H,28,31)/t23-/m1/s1. The van der Waals surface area contributed by atoms with Crippen molar-refractivity contribution >= 4 is 40.2 Å². The van der Waals surface area contributed by atoms with Crippen LogP contribution in [0.25, 0.3) is 10.9 Å². The van der Waals surface area contributed by atoms with Crippen LogP contribution in [-0.4, -0.2) is 21.2 Å². The van der Waals surface area contributed by atoms with Gasteiger partial charge in [-0.15, -0.1) is 0 Å². The van der Waals surface area contributed by atoms with E-state index in [1.807, 2.05) is 48.5 Å². The molecule has 3 aromatic carbocycles. The summed E-state index contributed by atoms with van der Waals surface area (Å²) >= 11 is 7.42. The maximum atomic E-state index is 13.3. The lowest BCUT2D eigenvalue weighted by Gasteiger charge is -2.16. The summed E-state index contributed by atoms with van der Waals surface area (Å²) in [5, 5.41) is 4.82. The Labute approximate surface area is 200 Å². The number of hydrogen-bond acceptors (Lipinski definition) is 4. The van der Waals surface area contributed by atoms with Gasteiger partial charge in [0.1, 0.15) is 0 Å². The molecule has 0 radical (unpaired) electrons. The predicted molar refractivity (Wildman–Crippen MR) is 133 cm³/mol. The van der Waals surface area contributed by atoms with Crippen molar-refractivity contribution in [1.29, 1.82) is 0 Å². The smallest absolute Gasteiger partial charge is 0.262 e. The van der Waals surface area contributed by atoms with Crippen LogP contribution in [-0.2, 0) is 17.8 Å². The topological polar surface area (TPSA) is 64.0 Å². The number of carbonyl (C=O) groups excluding carboxylic acids is 1. The summed E-state index contributed by atoms with van der Waals surface area (Å²) in [6, 6.07) is 23.0. The summed E-state index contributed by atoms with van der Waals surface area (Å²) in [6.45, 7) is 0.331. The van der Waals surface area contributed by atoms with E-state index in [1.165, 1.54) is 22.9 Å². The first-order valence-electron chi connectivity index (χ1n) is 10.8. The molecule has 5 rings (SSSR count). The number of carbonyl (C=O) groups is 1. The zero-order valence-corrected chi connectivity index (χ0v) is 19.4. The highest BCUT2D eigenvalue weighted by Crippen LogP contribution is 2.31. The molecule has 1 aliphatic rings. The number of amides is 1. The van der Waals surface area contributed by atoms with E-state index in [4.69, 9.17) is 16.6 Å². The Hall–Kier alpha value is -3.09. The predicted octanol–water partition coefficient (Wildman–Crippen LogP) is 4.99. The van der Waals surface area contributed by atoms with E-state index in [-0.39, 0.29) is 23.3 Å². The Morgan fingerprint density at radius 1 is 1.09 bits per heavy atom. The van der Waals surface area contributed by atoms with E-state index >= 15 is 0 Å². The molecule has 0 saturated heterocycles. The number of thioether (sulfide) groups is 1. The lowest BCUT2D eigenvalue weighted by atomic mass is 10.1. The van der Waals surface area contributed by atoms with Crippen LogP contribution in [0, 0.1) is 0 Å². The van der Waals surface area contributed by atoms with E-state index in [1.54, 1.807) is 16.7 Å². The highest BCUT2D eigenvalue weighted by molar-refractivity contribution is 7.99. The summed E-state index contributed by atoms with van der Waals surface area (Å²) in [4.78, 5) is 30.8. The molecule has 1 aliphatic carbocycles. The monoisotopic (exact) mass is 475 g/mol. The second kappa shape index (κ2) is 9.41. The van der Waals surface area contributed by atoms with Crippen LogP contribution in [0.15, 0.2) is 82.7 Å². The molecule has 0 bridgehead atoms. The molecule has 0 fully saturated rings. The molecular weight excluding hydrogens is 454 g/mol. The van der Waals surface area contributed by atoms with Gasteiger partial charge in [-0.2, -0.15) is 0 Å². The van der Waals surface area contributed by atoms with E-state index in [9.17, 15) is 9.59 Å². The van der Waals surface area contributed by atoms with E-state index < -0.39 is 0 Å². The number of aromatic nitrogens is 2. The number of halogens is 1. The van der Waals surface area contributed by atoms with Crippen LogP contribution < -0.4 is 10.9 Å². The Morgan fingerprint density at radius 3 is 2.79 bits per heavy atom. The Balaban J connectivity index is 1.39. The van der Waals surface area contributed by atoms with E-state index in [2.05, 4.69) is 17.4 Å². The number of nitrogens with zero attached hydrogens (tertiary/aromatic N) is 2. The van der Waals surface area contributed by atoms with Crippen molar-refractivity contribution in [2.45, 2.75) is 30.6 Å². The zero-order valence-electron chi connectivity index (χ0n) is 17.8. The molecule has 33 heavy (non-hydrogen) atoms. The summed E-state index contributed by atoms with van der Waals surface area (Å²) in [5.41, 5.74) is 3.88. The van der Waals surface area contributed by atoms with Gasteiger partial charge < -0.3 is 5.32 Å². The van der Waals surface area contributed by atoms with Gasteiger partial charge in [0.25, 0.3) is 5.56 Å². The third kappa shape index (κ3) is 4.68. The number of fused-ring (bicyclic) bond motifs is 2. The normalized spacial score (nSPS) is 14.9. The second-order valence-corrected chi connectivity index (χ2v) is 9.46. The minimum absolute atomic E-state index is 0.0347. The highest BCUT2D eigenvalue weighted by atomic mass is 35.5. The van der Waals surface area contributed by atoms with Crippen molar-refractivity contribution < 1.29 is 4.79 Å². The Bertz CT molecular complexity index is 1400. The van der Waals surface area contributed by atoms with Crippen molar-refractivity contribution in [3.63, 3.8) is 0 Å². The minimum Gasteiger partial charge on any atom is -0.349 e. The first-order chi connectivity index (χ1) is 16.1. The average Bonchev–Trinajstić information content (AvgIpc) is 3.22. The van der Waals surface area contributed by atoms with Gasteiger partial charge in [-0.3, -0.25) is 14.2 Å². The SMILES string of the molecule is O=C(CSc1nc2ccccc2c(=O)n1Cc1cccc(Cl)c1)N[C@@H]1CCc2ccccc21. The lowest BCUT2D eigenvalue weighted by Crippen LogP contribution is -2.29. The first kappa shape index (κ1) is 21.7. The number of nitrogens with one attached hydrogen (secondary N) is 1. The van der Waals surface area contributed by atoms with Crippen molar-refractivity contribution in [1.82, 2.24) is 14.9 Å². The van der Waals surface area contributed by atoms with Gasteiger partial charge >= 0.3 is 0 Å². The molecule has 0 spiro atoms. The number of benzene rings is 3. The lowest BCUT2D eigenvalue weighted by molar-refractivity contribution is -0.119. The van der Waals surface area contributed by atoms with Crippen LogP contribution in [0.4, 0.5) is 0 Å². The summed E-state index contributed by atoms with van der Waals surface area (Å²) in [5.74, 6) is 0.109. The average molecular weight is 476 g/mol. The van der Waals surface area contributed by atoms with Gasteiger partial charge in [-0.25, -0.2) is 4.98 Å². The fourth-order valence-corrected chi connectivity index (χ4v) is 5.31. The molecule has 4 aromatic rings. The van der Waals surface area contributed by atoms with Gasteiger partial charge in [-0.05, 0) is 53.8 Å². The van der Waals surface area contributed by atoms with Crippen LogP contribution >= 0.6 is 23.4 Å². The van der Waals surface area contributed by atoms with Crippen molar-refractivity contribution in [2.75, 3.05) is 5.75 Å². The molecule has 0 saturated carbocycles. The largest absolute Gasteiger partial charge is 0.349 e. The maximum Gasteiger partial charge on any atom is 0.262 e. The van der Waals surface area contributed by atoms with Crippen molar-refractivity contribution in [2.24, 2.45) is 0 Å². The highest BCUT2D eigenvalue weighted by Gasteiger charge is 2.23. The molecule has 1 atom stereocenters. The third-order valence-electron chi connectivity index (χ3n) is 5.86. The molecule has 1 amide bonds. The fraction of sp³-hybridized carbons (Fsp3) is 0.192. The second-order valence-electron chi connectivity index (χ2n) is 8.08. The molecule has 1 aromatic heterocycles. The van der Waals surface area contributed by atoms with Gasteiger partial charge in [0.05, 0.1) is 29.2 Å². The molecule has 0 aliphatic heterocycles. The van der Waals surface area contributed by atoms with Crippen LogP contribution in [0.1, 0.15) is 29.2 Å². The van der Waals surface area contributed by atoms with Crippen LogP contribution in [0.5, 0.6) is 0 Å². The molecule has 1 heterocycles. The van der Waals surface area contributed by atoms with Gasteiger partial charge in [0.15, 0.2) is 5.16 Å². The molecule has 5 nitrogen and oxygen atoms in total. The molecular formula is C26H22ClN3O2S. The summed E-state index contributed by atoms with van der Waals surface area (Å²) < 4.78 is 1.62. The zero-order chi connectivity index (χ0) is 22.8. The number of hydrogen-bond donors (Lipinski definition) is 1. The fourth-order valence-electron chi connectivity index (χ4n) is 4.29. The number of aryl methyl sites for hydroxylation is 1. The van der Waals surface area contributed by atoms with E-state index in [0.717, 1.165) is 18.4 Å². The van der Waals surface area contributed by atoms with Crippen LogP contribution in [0.3, 0.4) is 0 Å². The Kier molecular flexibility index (Phi) is 6.20.